The van der Waals surface area contributed by atoms with E-state index in [1.165, 1.54) is 0 Å². The van der Waals surface area contributed by atoms with Crippen LogP contribution in [0.25, 0.3) is 0 Å². The van der Waals surface area contributed by atoms with Gasteiger partial charge in [-0.1, -0.05) is 20.3 Å². The first-order valence-corrected chi connectivity index (χ1v) is 6.40. The van der Waals surface area contributed by atoms with Gasteiger partial charge in [0.15, 0.2) is 0 Å². The van der Waals surface area contributed by atoms with Gasteiger partial charge < -0.3 is 15.3 Å². The van der Waals surface area contributed by atoms with Crippen LogP contribution in [0.2, 0.25) is 0 Å². The third-order valence-electron chi connectivity index (χ3n) is 2.89. The second-order valence-electron chi connectivity index (χ2n) is 4.55. The number of carboxylic acids is 1. The molecule has 0 aromatic carbocycles. The molecule has 1 aliphatic rings. The van der Waals surface area contributed by atoms with E-state index in [1.54, 1.807) is 4.90 Å². The highest BCUT2D eigenvalue weighted by Gasteiger charge is 2.33. The number of carbonyl (C=O) groups excluding carboxylic acids is 1. The van der Waals surface area contributed by atoms with Crippen molar-refractivity contribution in [1.82, 2.24) is 10.2 Å². The molecule has 2 amide bonds. The van der Waals surface area contributed by atoms with E-state index < -0.39 is 12.0 Å². The summed E-state index contributed by atoms with van der Waals surface area (Å²) >= 11 is 0. The van der Waals surface area contributed by atoms with Gasteiger partial charge in [-0.15, -0.1) is 0 Å². The molecule has 1 atom stereocenters. The van der Waals surface area contributed by atoms with Crippen molar-refractivity contribution in [3.05, 3.63) is 0 Å². The van der Waals surface area contributed by atoms with Gasteiger partial charge in [-0.2, -0.15) is 0 Å². The molecule has 0 heterocycles. The van der Waals surface area contributed by atoms with E-state index in [9.17, 15) is 9.59 Å². The Hall–Kier alpha value is -1.26. The summed E-state index contributed by atoms with van der Waals surface area (Å²) in [6.45, 7) is 4.63. The van der Waals surface area contributed by atoms with Gasteiger partial charge in [-0.3, -0.25) is 0 Å². The summed E-state index contributed by atoms with van der Waals surface area (Å²) in [7, 11) is 0. The first kappa shape index (κ1) is 13.8. The topological polar surface area (TPSA) is 69.6 Å². The third kappa shape index (κ3) is 4.24. The number of aliphatic carboxylic acids is 1. The highest BCUT2D eigenvalue weighted by Crippen LogP contribution is 2.27. The van der Waals surface area contributed by atoms with Crippen molar-refractivity contribution in [3.8, 4) is 0 Å². The van der Waals surface area contributed by atoms with E-state index in [1.807, 2.05) is 13.8 Å². The van der Waals surface area contributed by atoms with Crippen LogP contribution in [-0.2, 0) is 4.79 Å². The lowest BCUT2D eigenvalue weighted by atomic mass is 10.2. The minimum absolute atomic E-state index is 0.227. The monoisotopic (exact) mass is 242 g/mol. The highest BCUT2D eigenvalue weighted by molar-refractivity contribution is 5.82. The van der Waals surface area contributed by atoms with Crippen molar-refractivity contribution in [2.24, 2.45) is 0 Å². The molecular formula is C12H22N2O3. The van der Waals surface area contributed by atoms with E-state index in [0.717, 1.165) is 25.7 Å². The van der Waals surface area contributed by atoms with Crippen LogP contribution in [0.1, 0.15) is 46.0 Å². The highest BCUT2D eigenvalue weighted by atomic mass is 16.4. The molecule has 0 radical (unpaired) electrons. The van der Waals surface area contributed by atoms with Crippen molar-refractivity contribution in [2.75, 3.05) is 6.54 Å². The molecule has 0 saturated heterocycles. The Morgan fingerprint density at radius 3 is 2.41 bits per heavy atom. The van der Waals surface area contributed by atoms with Gasteiger partial charge in [0.1, 0.15) is 6.04 Å². The third-order valence-corrected chi connectivity index (χ3v) is 2.89. The van der Waals surface area contributed by atoms with Gasteiger partial charge in [0, 0.05) is 12.6 Å². The fourth-order valence-electron chi connectivity index (χ4n) is 1.86. The van der Waals surface area contributed by atoms with E-state index in [0.29, 0.717) is 19.0 Å². The summed E-state index contributed by atoms with van der Waals surface area (Å²) in [5.41, 5.74) is 0. The number of urea groups is 1. The summed E-state index contributed by atoms with van der Waals surface area (Å²) in [6, 6.07) is -0.660. The molecule has 1 aliphatic carbocycles. The van der Waals surface area contributed by atoms with Crippen LogP contribution >= 0.6 is 0 Å². The molecule has 0 aromatic heterocycles. The Bertz CT molecular complexity index is 277. The van der Waals surface area contributed by atoms with Gasteiger partial charge in [-0.05, 0) is 25.7 Å². The van der Waals surface area contributed by atoms with Crippen LogP contribution in [0.5, 0.6) is 0 Å². The number of carbonyl (C=O) groups is 2. The van der Waals surface area contributed by atoms with Crippen molar-refractivity contribution < 1.29 is 14.7 Å². The molecule has 0 unspecified atom stereocenters. The summed E-state index contributed by atoms with van der Waals surface area (Å²) in [6.07, 6.45) is 4.20. The van der Waals surface area contributed by atoms with Gasteiger partial charge in [0.25, 0.3) is 0 Å². The standard InChI is InChI=1S/C12H22N2O3/c1-3-5-10(11(15)16)13-12(17)14(8-4-2)9-6-7-9/h9-10H,3-8H2,1-2H3,(H,13,17)(H,15,16)/t10-/m0/s1. The molecule has 0 aliphatic heterocycles. The van der Waals surface area contributed by atoms with E-state index in [4.69, 9.17) is 5.11 Å². The largest absolute Gasteiger partial charge is 0.480 e. The van der Waals surface area contributed by atoms with Crippen molar-refractivity contribution >= 4 is 12.0 Å². The van der Waals surface area contributed by atoms with Crippen LogP contribution in [0.4, 0.5) is 4.79 Å². The predicted molar refractivity (Wildman–Crippen MR) is 64.9 cm³/mol. The molecule has 2 N–H and O–H groups in total. The summed E-state index contributed by atoms with van der Waals surface area (Å²) < 4.78 is 0. The van der Waals surface area contributed by atoms with Crippen LogP contribution < -0.4 is 5.32 Å². The molecule has 1 rings (SSSR count). The summed E-state index contributed by atoms with van der Waals surface area (Å²) in [5, 5.41) is 11.6. The second-order valence-corrected chi connectivity index (χ2v) is 4.55. The normalized spacial score (nSPS) is 16.4. The molecule has 0 spiro atoms. The minimum Gasteiger partial charge on any atom is -0.480 e. The Kier molecular flexibility index (Phi) is 5.25. The number of carboxylic acid groups (broad SMARTS) is 1. The number of nitrogens with zero attached hydrogens (tertiary/aromatic N) is 1. The lowest BCUT2D eigenvalue weighted by molar-refractivity contribution is -0.139. The van der Waals surface area contributed by atoms with Gasteiger partial charge in [0.05, 0.1) is 0 Å². The average Bonchev–Trinajstić information content (AvgIpc) is 3.08. The molecule has 17 heavy (non-hydrogen) atoms. The maximum Gasteiger partial charge on any atom is 0.326 e. The van der Waals surface area contributed by atoms with Crippen LogP contribution in [0.15, 0.2) is 0 Å². The van der Waals surface area contributed by atoms with E-state index in [-0.39, 0.29) is 6.03 Å². The maximum absolute atomic E-state index is 12.0. The average molecular weight is 242 g/mol. The fraction of sp³-hybridized carbons (Fsp3) is 0.833. The van der Waals surface area contributed by atoms with Crippen LogP contribution in [0, 0.1) is 0 Å². The number of nitrogens with one attached hydrogen (secondary N) is 1. The summed E-state index contributed by atoms with van der Waals surface area (Å²) in [5.74, 6) is -0.951. The Labute approximate surface area is 102 Å². The molecule has 5 nitrogen and oxygen atoms in total. The summed E-state index contributed by atoms with van der Waals surface area (Å²) in [4.78, 5) is 24.7. The van der Waals surface area contributed by atoms with Gasteiger partial charge in [-0.25, -0.2) is 9.59 Å². The SMILES string of the molecule is CCC[C@H](NC(=O)N(CCC)C1CC1)C(=O)O. The van der Waals surface area contributed by atoms with E-state index in [2.05, 4.69) is 5.32 Å². The zero-order valence-corrected chi connectivity index (χ0v) is 10.6. The Morgan fingerprint density at radius 1 is 1.35 bits per heavy atom. The van der Waals surface area contributed by atoms with Crippen LogP contribution in [0.3, 0.4) is 0 Å². The number of rotatable bonds is 7. The van der Waals surface area contributed by atoms with Gasteiger partial charge >= 0.3 is 12.0 Å². The quantitative estimate of drug-likeness (QED) is 0.715. The molecule has 98 valence electrons. The van der Waals surface area contributed by atoms with Crippen molar-refractivity contribution in [3.63, 3.8) is 0 Å². The number of hydrogen-bond donors (Lipinski definition) is 2. The fourth-order valence-corrected chi connectivity index (χ4v) is 1.86. The predicted octanol–water partition coefficient (Wildman–Crippen LogP) is 1.82. The lowest BCUT2D eigenvalue weighted by Gasteiger charge is -2.24. The molecule has 5 heteroatoms. The molecule has 1 saturated carbocycles. The van der Waals surface area contributed by atoms with Gasteiger partial charge in [0.2, 0.25) is 0 Å². The van der Waals surface area contributed by atoms with E-state index >= 15 is 0 Å². The Balaban J connectivity index is 2.51. The molecule has 0 bridgehead atoms. The maximum atomic E-state index is 12.0. The Morgan fingerprint density at radius 2 is 2.00 bits per heavy atom. The molecule has 1 fully saturated rings. The first-order chi connectivity index (χ1) is 8.10. The first-order valence-electron chi connectivity index (χ1n) is 6.40. The number of hydrogen-bond acceptors (Lipinski definition) is 2. The number of amides is 2. The zero-order valence-electron chi connectivity index (χ0n) is 10.6. The molecule has 0 aromatic rings. The van der Waals surface area contributed by atoms with Crippen molar-refractivity contribution in [1.29, 1.82) is 0 Å². The second kappa shape index (κ2) is 6.47. The zero-order chi connectivity index (χ0) is 12.8. The lowest BCUT2D eigenvalue weighted by Crippen LogP contribution is -2.48. The molecular weight excluding hydrogens is 220 g/mol. The smallest absolute Gasteiger partial charge is 0.326 e. The minimum atomic E-state index is -0.951. The van der Waals surface area contributed by atoms with Crippen LogP contribution in [-0.4, -0.2) is 40.6 Å². The van der Waals surface area contributed by atoms with Crippen molar-refractivity contribution in [2.45, 2.75) is 58.0 Å².